The molecule has 0 radical (unpaired) electrons. The van der Waals surface area contributed by atoms with Crippen LogP contribution in [0, 0.1) is 6.92 Å². The molecular weight excluding hydrogens is 548 g/mol. The lowest BCUT2D eigenvalue weighted by atomic mass is 9.95. The number of anilines is 1. The van der Waals surface area contributed by atoms with Crippen LogP contribution in [-0.2, 0) is 22.7 Å². The lowest BCUT2D eigenvalue weighted by molar-refractivity contribution is -0.140. The molecule has 1 aromatic heterocycles. The maximum absolute atomic E-state index is 13.7. The number of hydrogen-bond acceptors (Lipinski definition) is 8. The number of thioether (sulfide) groups is 1. The zero-order chi connectivity index (χ0) is 29.5. The minimum absolute atomic E-state index is 0.168. The van der Waals surface area contributed by atoms with Gasteiger partial charge in [-0.2, -0.15) is 4.98 Å². The van der Waals surface area contributed by atoms with Crippen LogP contribution in [0.4, 0.5) is 5.95 Å². The summed E-state index contributed by atoms with van der Waals surface area (Å²) >= 11 is 1.59. The Balaban J connectivity index is 1.50. The molecule has 1 aliphatic rings. The second-order valence-corrected chi connectivity index (χ2v) is 11.1. The molecule has 5 rings (SSSR count). The van der Waals surface area contributed by atoms with Crippen molar-refractivity contribution in [1.82, 2.24) is 14.8 Å². The molecule has 8 nitrogen and oxygen atoms in total. The van der Waals surface area contributed by atoms with Crippen molar-refractivity contribution in [3.63, 3.8) is 0 Å². The zero-order valence-electron chi connectivity index (χ0n) is 24.4. The third-order valence-electron chi connectivity index (χ3n) is 6.93. The van der Waals surface area contributed by atoms with Gasteiger partial charge in [0.25, 0.3) is 0 Å². The van der Waals surface area contributed by atoms with Crippen molar-refractivity contribution in [2.75, 3.05) is 17.7 Å². The predicted molar refractivity (Wildman–Crippen MR) is 165 cm³/mol. The summed E-state index contributed by atoms with van der Waals surface area (Å²) < 4.78 is 19.8. The molecule has 1 unspecified atom stereocenters. The molecule has 218 valence electrons. The van der Waals surface area contributed by atoms with Crippen molar-refractivity contribution in [2.24, 2.45) is 0 Å². The molecule has 0 aliphatic carbocycles. The van der Waals surface area contributed by atoms with Crippen LogP contribution < -0.4 is 14.8 Å². The third kappa shape index (κ3) is 6.62. The molecule has 0 bridgehead atoms. The minimum Gasteiger partial charge on any atom is -0.490 e. The number of hydrogen-bond donors (Lipinski definition) is 1. The number of nitrogens with zero attached hydrogens (tertiary/aromatic N) is 3. The first-order valence-corrected chi connectivity index (χ1v) is 15.2. The fraction of sp³-hybridized carbons (Fsp3) is 0.303. The van der Waals surface area contributed by atoms with Gasteiger partial charge in [0.1, 0.15) is 19.3 Å². The van der Waals surface area contributed by atoms with Crippen LogP contribution in [0.15, 0.2) is 89.2 Å². The molecule has 4 aromatic rings. The molecule has 0 spiro atoms. The van der Waals surface area contributed by atoms with Crippen LogP contribution >= 0.6 is 11.8 Å². The molecule has 1 aliphatic heterocycles. The van der Waals surface area contributed by atoms with E-state index >= 15 is 0 Å². The third-order valence-corrected chi connectivity index (χ3v) is 7.97. The highest BCUT2D eigenvalue weighted by Gasteiger charge is 2.36. The lowest BCUT2D eigenvalue weighted by Crippen LogP contribution is -2.29. The van der Waals surface area contributed by atoms with Gasteiger partial charge in [-0.1, -0.05) is 79.3 Å². The summed E-state index contributed by atoms with van der Waals surface area (Å²) in [4.78, 5) is 18.4. The quantitative estimate of drug-likeness (QED) is 0.139. The number of fused-ring (bicyclic) bond motifs is 1. The van der Waals surface area contributed by atoms with Gasteiger partial charge in [-0.15, -0.1) is 5.10 Å². The molecule has 9 heteroatoms. The number of rotatable bonds is 12. The van der Waals surface area contributed by atoms with Gasteiger partial charge in [-0.05, 0) is 61.6 Å². The molecule has 0 saturated heterocycles. The van der Waals surface area contributed by atoms with Crippen molar-refractivity contribution in [3.8, 4) is 11.5 Å². The summed E-state index contributed by atoms with van der Waals surface area (Å²) in [7, 11) is 0. The molecule has 3 aromatic carbocycles. The highest BCUT2D eigenvalue weighted by Crippen LogP contribution is 2.40. The smallest absolute Gasteiger partial charge is 0.338 e. The standard InChI is InChI=1S/C33H36N4O4S/c1-5-18-42-33-35-32-34-23(4)29(31(38)41-20-24-13-8-7-9-14-24)30(37(32)36-33)25-16-17-27(28(19-25)39-6-2)40-21-26-15-11-10-12-22(26)3/h7-17,19,30H,5-6,18,20-21H2,1-4H3,(H,34,35,36). The summed E-state index contributed by atoms with van der Waals surface area (Å²) in [6.07, 6.45) is 1.00. The van der Waals surface area contributed by atoms with Crippen molar-refractivity contribution in [1.29, 1.82) is 0 Å². The topological polar surface area (TPSA) is 87.5 Å². The van der Waals surface area contributed by atoms with E-state index in [1.54, 1.807) is 16.4 Å². The molecule has 0 fully saturated rings. The molecule has 0 saturated carbocycles. The maximum Gasteiger partial charge on any atom is 0.338 e. The van der Waals surface area contributed by atoms with E-state index in [1.165, 1.54) is 0 Å². The van der Waals surface area contributed by atoms with Crippen LogP contribution in [0.5, 0.6) is 11.5 Å². The van der Waals surface area contributed by atoms with Gasteiger partial charge in [0.15, 0.2) is 11.5 Å². The van der Waals surface area contributed by atoms with E-state index in [-0.39, 0.29) is 6.61 Å². The monoisotopic (exact) mass is 584 g/mol. The predicted octanol–water partition coefficient (Wildman–Crippen LogP) is 7.10. The summed E-state index contributed by atoms with van der Waals surface area (Å²) in [6.45, 7) is 9.04. The van der Waals surface area contributed by atoms with E-state index in [1.807, 2.05) is 74.5 Å². The zero-order valence-corrected chi connectivity index (χ0v) is 25.2. The Labute approximate surface area is 251 Å². The van der Waals surface area contributed by atoms with Gasteiger partial charge in [-0.3, -0.25) is 0 Å². The number of esters is 1. The molecule has 1 atom stereocenters. The van der Waals surface area contributed by atoms with Crippen LogP contribution in [0.2, 0.25) is 0 Å². The molecule has 42 heavy (non-hydrogen) atoms. The van der Waals surface area contributed by atoms with Crippen LogP contribution in [0.1, 0.15) is 55.5 Å². The van der Waals surface area contributed by atoms with E-state index in [0.29, 0.717) is 47.1 Å². The maximum atomic E-state index is 13.7. The summed E-state index contributed by atoms with van der Waals surface area (Å²) in [5.41, 5.74) is 5.13. The van der Waals surface area contributed by atoms with Gasteiger partial charge < -0.3 is 19.5 Å². The highest BCUT2D eigenvalue weighted by molar-refractivity contribution is 7.99. The Morgan fingerprint density at radius 1 is 0.952 bits per heavy atom. The van der Waals surface area contributed by atoms with Gasteiger partial charge >= 0.3 is 5.97 Å². The number of ether oxygens (including phenoxy) is 3. The first-order chi connectivity index (χ1) is 20.5. The Kier molecular flexibility index (Phi) is 9.48. The molecule has 2 heterocycles. The number of nitrogens with one attached hydrogen (secondary N) is 1. The van der Waals surface area contributed by atoms with Crippen molar-refractivity contribution in [2.45, 2.75) is 58.5 Å². The van der Waals surface area contributed by atoms with Gasteiger partial charge in [0.2, 0.25) is 11.1 Å². The van der Waals surface area contributed by atoms with Crippen molar-refractivity contribution in [3.05, 3.63) is 106 Å². The Bertz CT molecular complexity index is 1570. The average molecular weight is 585 g/mol. The van der Waals surface area contributed by atoms with Crippen molar-refractivity contribution < 1.29 is 19.0 Å². The average Bonchev–Trinajstić information content (AvgIpc) is 3.41. The second-order valence-electron chi connectivity index (χ2n) is 9.99. The first-order valence-electron chi connectivity index (χ1n) is 14.2. The molecular formula is C33H36N4O4S. The lowest BCUT2D eigenvalue weighted by Gasteiger charge is -2.28. The van der Waals surface area contributed by atoms with E-state index in [2.05, 4.69) is 31.3 Å². The summed E-state index contributed by atoms with van der Waals surface area (Å²) in [6, 6.07) is 23.0. The van der Waals surface area contributed by atoms with Gasteiger partial charge in [0, 0.05) is 11.4 Å². The minimum atomic E-state index is -0.572. The highest BCUT2D eigenvalue weighted by atomic mass is 32.2. The van der Waals surface area contributed by atoms with E-state index in [0.717, 1.165) is 34.4 Å². The Morgan fingerprint density at radius 2 is 1.74 bits per heavy atom. The number of aromatic nitrogens is 3. The Morgan fingerprint density at radius 3 is 2.50 bits per heavy atom. The number of allylic oxidation sites excluding steroid dienone is 1. The number of carbonyl (C=O) groups excluding carboxylic acids is 1. The van der Waals surface area contributed by atoms with Crippen LogP contribution in [-0.4, -0.2) is 33.1 Å². The Hall–Kier alpha value is -4.24. The SMILES string of the molecule is CCCSc1nc2n(n1)C(c1ccc(OCc3ccccc3C)c(OCC)c1)C(C(=O)OCc1ccccc1)=C(C)N2. The van der Waals surface area contributed by atoms with Crippen LogP contribution in [0.3, 0.4) is 0 Å². The van der Waals surface area contributed by atoms with Gasteiger partial charge in [0.05, 0.1) is 12.2 Å². The fourth-order valence-corrected chi connectivity index (χ4v) is 5.45. The van der Waals surface area contributed by atoms with Crippen molar-refractivity contribution >= 4 is 23.7 Å². The number of aryl methyl sites for hydroxylation is 1. The molecule has 1 N–H and O–H groups in total. The van der Waals surface area contributed by atoms with Crippen LogP contribution in [0.25, 0.3) is 0 Å². The summed E-state index contributed by atoms with van der Waals surface area (Å²) in [5.74, 6) is 2.28. The summed E-state index contributed by atoms with van der Waals surface area (Å²) in [5, 5.41) is 8.74. The largest absolute Gasteiger partial charge is 0.490 e. The number of carbonyl (C=O) groups is 1. The number of benzene rings is 3. The van der Waals surface area contributed by atoms with E-state index in [4.69, 9.17) is 24.3 Å². The first kappa shape index (κ1) is 29.3. The fourth-order valence-electron chi connectivity index (χ4n) is 4.77. The van der Waals surface area contributed by atoms with Gasteiger partial charge in [-0.25, -0.2) is 9.48 Å². The van der Waals surface area contributed by atoms with E-state index in [9.17, 15) is 4.79 Å². The second kappa shape index (κ2) is 13.6. The normalized spacial score (nSPS) is 14.2. The molecule has 0 amide bonds. The van der Waals surface area contributed by atoms with E-state index < -0.39 is 12.0 Å².